The van der Waals surface area contributed by atoms with Gasteiger partial charge < -0.3 is 4.74 Å². The van der Waals surface area contributed by atoms with Crippen molar-refractivity contribution in [1.82, 2.24) is 9.78 Å². The summed E-state index contributed by atoms with van der Waals surface area (Å²) in [6.07, 6.45) is 2.69. The van der Waals surface area contributed by atoms with Gasteiger partial charge in [0.05, 0.1) is 24.7 Å². The van der Waals surface area contributed by atoms with E-state index in [0.29, 0.717) is 17.4 Å². The van der Waals surface area contributed by atoms with E-state index >= 15 is 0 Å². The van der Waals surface area contributed by atoms with E-state index in [2.05, 4.69) is 28.0 Å². The molecule has 2 atom stereocenters. The fourth-order valence-electron chi connectivity index (χ4n) is 2.50. The first-order valence-electron chi connectivity index (χ1n) is 6.54. The predicted octanol–water partition coefficient (Wildman–Crippen LogP) is 3.54. The Labute approximate surface area is 125 Å². The largest absolute Gasteiger partial charge is 0.465 e. The van der Waals surface area contributed by atoms with Crippen LogP contribution in [0.3, 0.4) is 0 Å². The Hall–Kier alpha value is -1.62. The molecule has 0 radical (unpaired) electrons. The highest BCUT2D eigenvalue weighted by Gasteiger charge is 2.40. The number of carbonyl (C=O) groups is 1. The monoisotopic (exact) mass is 334 g/mol. The number of hydrogen-bond donors (Lipinski definition) is 0. The van der Waals surface area contributed by atoms with E-state index in [9.17, 15) is 4.79 Å². The summed E-state index contributed by atoms with van der Waals surface area (Å²) in [5.74, 6) is 0.645. The normalized spacial score (nSPS) is 20.8. The van der Waals surface area contributed by atoms with Gasteiger partial charge in [-0.15, -0.1) is 0 Å². The highest BCUT2D eigenvalue weighted by molar-refractivity contribution is 9.10. The van der Waals surface area contributed by atoms with Gasteiger partial charge in [-0.2, -0.15) is 5.10 Å². The van der Waals surface area contributed by atoms with E-state index in [1.54, 1.807) is 6.20 Å². The average molecular weight is 335 g/mol. The molecule has 0 amide bonds. The highest BCUT2D eigenvalue weighted by Crippen LogP contribution is 2.48. The molecule has 0 spiro atoms. The number of aromatic nitrogens is 2. The third-order valence-electron chi connectivity index (χ3n) is 3.73. The number of methoxy groups -OCH3 is 1. The van der Waals surface area contributed by atoms with Gasteiger partial charge in [0.1, 0.15) is 5.56 Å². The Kier molecular flexibility index (Phi) is 3.38. The zero-order valence-electron chi connectivity index (χ0n) is 11.3. The molecule has 1 aliphatic rings. The van der Waals surface area contributed by atoms with Gasteiger partial charge in [0, 0.05) is 10.4 Å². The quantitative estimate of drug-likeness (QED) is 0.806. The molecule has 4 nitrogen and oxygen atoms in total. The Balaban J connectivity index is 2.12. The number of benzene rings is 1. The summed E-state index contributed by atoms with van der Waals surface area (Å²) in [4.78, 5) is 11.9. The first-order chi connectivity index (χ1) is 9.61. The second kappa shape index (κ2) is 5.05. The molecule has 104 valence electrons. The van der Waals surface area contributed by atoms with E-state index in [1.165, 1.54) is 7.11 Å². The van der Waals surface area contributed by atoms with Crippen molar-refractivity contribution < 1.29 is 9.53 Å². The molecule has 1 aromatic heterocycles. The van der Waals surface area contributed by atoms with E-state index in [4.69, 9.17) is 4.74 Å². The number of esters is 1. The van der Waals surface area contributed by atoms with Gasteiger partial charge in [-0.05, 0) is 30.5 Å². The van der Waals surface area contributed by atoms with Crippen molar-refractivity contribution in [3.63, 3.8) is 0 Å². The van der Waals surface area contributed by atoms with Crippen LogP contribution in [0.4, 0.5) is 0 Å². The molecule has 3 rings (SSSR count). The number of ether oxygens (including phenoxy) is 1. The van der Waals surface area contributed by atoms with Gasteiger partial charge >= 0.3 is 5.97 Å². The average Bonchev–Trinajstić information content (AvgIpc) is 3.01. The van der Waals surface area contributed by atoms with Crippen LogP contribution in [0.5, 0.6) is 0 Å². The van der Waals surface area contributed by atoms with Crippen LogP contribution >= 0.6 is 15.9 Å². The second-order valence-electron chi connectivity index (χ2n) is 5.15. The van der Waals surface area contributed by atoms with Gasteiger partial charge in [0.15, 0.2) is 0 Å². The van der Waals surface area contributed by atoms with Gasteiger partial charge in [-0.3, -0.25) is 0 Å². The van der Waals surface area contributed by atoms with Gasteiger partial charge in [0.2, 0.25) is 0 Å². The van der Waals surface area contributed by atoms with Crippen molar-refractivity contribution in [3.05, 3.63) is 46.2 Å². The van der Waals surface area contributed by atoms with E-state index in [-0.39, 0.29) is 5.97 Å². The smallest absolute Gasteiger partial charge is 0.341 e. The molecular formula is C15H15BrN2O2. The number of nitrogens with zero attached hydrogens (tertiary/aromatic N) is 2. The van der Waals surface area contributed by atoms with Crippen LogP contribution in [0.15, 0.2) is 34.9 Å². The van der Waals surface area contributed by atoms with Gasteiger partial charge in [-0.25, -0.2) is 9.48 Å². The van der Waals surface area contributed by atoms with E-state index < -0.39 is 0 Å². The molecule has 1 aliphatic carbocycles. The number of rotatable bonds is 3. The van der Waals surface area contributed by atoms with E-state index in [1.807, 2.05) is 28.9 Å². The third kappa shape index (κ3) is 2.26. The minimum absolute atomic E-state index is 0.319. The highest BCUT2D eigenvalue weighted by atomic mass is 79.9. The Bertz CT molecular complexity index is 666. The van der Waals surface area contributed by atoms with Crippen LogP contribution in [-0.4, -0.2) is 22.9 Å². The molecule has 1 heterocycles. The molecule has 0 N–H and O–H groups in total. The zero-order chi connectivity index (χ0) is 14.3. The molecule has 1 saturated carbocycles. The maximum Gasteiger partial charge on any atom is 0.341 e. The summed E-state index contributed by atoms with van der Waals surface area (Å²) in [5, 5.41) is 4.39. The van der Waals surface area contributed by atoms with Crippen molar-refractivity contribution >= 4 is 21.9 Å². The number of halogens is 1. The lowest BCUT2D eigenvalue weighted by atomic mass is 10.1. The van der Waals surface area contributed by atoms with Crippen molar-refractivity contribution in [3.8, 4) is 5.69 Å². The van der Waals surface area contributed by atoms with Crippen LogP contribution in [0.1, 0.15) is 35.3 Å². The Morgan fingerprint density at radius 3 is 2.85 bits per heavy atom. The third-order valence-corrected chi connectivity index (χ3v) is 4.22. The van der Waals surface area contributed by atoms with Crippen molar-refractivity contribution in [2.24, 2.45) is 5.92 Å². The van der Waals surface area contributed by atoms with Crippen LogP contribution in [0, 0.1) is 5.92 Å². The lowest BCUT2D eigenvalue weighted by Crippen LogP contribution is -2.08. The zero-order valence-corrected chi connectivity index (χ0v) is 12.9. The maximum atomic E-state index is 11.9. The molecule has 0 aliphatic heterocycles. The summed E-state index contributed by atoms with van der Waals surface area (Å²) in [5.41, 5.74) is 2.48. The summed E-state index contributed by atoms with van der Waals surface area (Å²) in [6, 6.07) is 7.90. The molecule has 5 heteroatoms. The maximum absolute atomic E-state index is 11.9. The first-order valence-corrected chi connectivity index (χ1v) is 7.33. The lowest BCUT2D eigenvalue weighted by Gasteiger charge is -2.09. The Morgan fingerprint density at radius 1 is 1.50 bits per heavy atom. The fraction of sp³-hybridized carbons (Fsp3) is 0.333. The molecule has 0 saturated heterocycles. The summed E-state index contributed by atoms with van der Waals surface area (Å²) in [6.45, 7) is 2.18. The van der Waals surface area contributed by atoms with Gasteiger partial charge in [0.25, 0.3) is 0 Å². The topological polar surface area (TPSA) is 44.1 Å². The standard InChI is InChI=1S/C15H15BrN2O2/c1-9-6-12(9)14-13(15(19)20-2)8-17-18(14)11-5-3-4-10(16)7-11/h3-5,7-9,12H,6H2,1-2H3/t9-,12+/m1/s1. The van der Waals surface area contributed by atoms with Crippen LogP contribution in [-0.2, 0) is 4.74 Å². The molecule has 0 bridgehead atoms. The molecular weight excluding hydrogens is 320 g/mol. The predicted molar refractivity (Wildman–Crippen MR) is 79.1 cm³/mol. The minimum Gasteiger partial charge on any atom is -0.465 e. The summed E-state index contributed by atoms with van der Waals surface area (Å²) in [7, 11) is 1.40. The number of carbonyl (C=O) groups excluding carboxylic acids is 1. The number of hydrogen-bond acceptors (Lipinski definition) is 3. The van der Waals surface area contributed by atoms with Gasteiger partial charge in [-0.1, -0.05) is 28.9 Å². The molecule has 20 heavy (non-hydrogen) atoms. The minimum atomic E-state index is -0.319. The summed E-state index contributed by atoms with van der Waals surface area (Å²) < 4.78 is 7.70. The van der Waals surface area contributed by atoms with E-state index in [0.717, 1.165) is 22.3 Å². The fourth-order valence-corrected chi connectivity index (χ4v) is 2.89. The second-order valence-corrected chi connectivity index (χ2v) is 6.06. The van der Waals surface area contributed by atoms with Crippen LogP contribution in [0.2, 0.25) is 0 Å². The molecule has 1 fully saturated rings. The van der Waals surface area contributed by atoms with Crippen LogP contribution < -0.4 is 0 Å². The SMILES string of the molecule is COC(=O)c1cnn(-c2cccc(Br)c2)c1[C@H]1C[C@H]1C. The summed E-state index contributed by atoms with van der Waals surface area (Å²) >= 11 is 3.47. The first kappa shape index (κ1) is 13.4. The molecule has 0 unspecified atom stereocenters. The Morgan fingerprint density at radius 2 is 2.25 bits per heavy atom. The van der Waals surface area contributed by atoms with Crippen molar-refractivity contribution in [2.75, 3.05) is 7.11 Å². The lowest BCUT2D eigenvalue weighted by molar-refractivity contribution is 0.0599. The van der Waals surface area contributed by atoms with Crippen LogP contribution in [0.25, 0.3) is 5.69 Å². The van der Waals surface area contributed by atoms with Crippen molar-refractivity contribution in [1.29, 1.82) is 0 Å². The van der Waals surface area contributed by atoms with Crippen molar-refractivity contribution in [2.45, 2.75) is 19.3 Å². The molecule has 1 aromatic carbocycles. The molecule has 2 aromatic rings.